The third-order valence-electron chi connectivity index (χ3n) is 5.22. The Balaban J connectivity index is 0.00000306. The number of benzene rings is 1. The van der Waals surface area contributed by atoms with Crippen molar-refractivity contribution in [3.8, 4) is 5.88 Å². The number of halogens is 1. The van der Waals surface area contributed by atoms with Gasteiger partial charge in [0.15, 0.2) is 5.96 Å². The van der Waals surface area contributed by atoms with Crippen molar-refractivity contribution in [3.05, 3.63) is 78.2 Å². The number of rotatable bonds is 7. The van der Waals surface area contributed by atoms with Gasteiger partial charge < -0.3 is 19.9 Å². The molecule has 0 aliphatic carbocycles. The van der Waals surface area contributed by atoms with Crippen molar-refractivity contribution in [2.24, 2.45) is 4.99 Å². The molecule has 174 valence electrons. The summed E-state index contributed by atoms with van der Waals surface area (Å²) in [5, 5.41) is 3.42. The summed E-state index contributed by atoms with van der Waals surface area (Å²) in [6, 6.07) is 15.9. The van der Waals surface area contributed by atoms with Gasteiger partial charge in [-0.15, -0.1) is 24.0 Å². The van der Waals surface area contributed by atoms with Crippen LogP contribution in [-0.2, 0) is 13.2 Å². The number of anilines is 1. The Hall–Kier alpha value is -2.95. The van der Waals surface area contributed by atoms with Gasteiger partial charge >= 0.3 is 0 Å². The summed E-state index contributed by atoms with van der Waals surface area (Å²) in [7, 11) is 0. The molecule has 1 aliphatic heterocycles. The Bertz CT molecular complexity index is 996. The first-order valence-electron chi connectivity index (χ1n) is 11.0. The first-order valence-corrected chi connectivity index (χ1v) is 11.0. The maximum Gasteiger partial charge on any atom is 0.225 e. The summed E-state index contributed by atoms with van der Waals surface area (Å²) in [6.45, 7) is 7.30. The number of aromatic nitrogens is 3. The molecule has 3 heterocycles. The van der Waals surface area contributed by atoms with Gasteiger partial charge in [-0.05, 0) is 24.6 Å². The van der Waals surface area contributed by atoms with E-state index in [9.17, 15) is 0 Å². The SMILES string of the molecule is CCNC(=NCc1cccnc1OCc1ccccc1)N1CCN(c2ncccn2)CC1.I. The van der Waals surface area contributed by atoms with Crippen LogP contribution < -0.4 is 15.0 Å². The second kappa shape index (κ2) is 12.9. The van der Waals surface area contributed by atoms with E-state index in [0.717, 1.165) is 55.8 Å². The van der Waals surface area contributed by atoms with Crippen LogP contribution in [0, 0.1) is 0 Å². The van der Waals surface area contributed by atoms with Crippen molar-refractivity contribution in [2.45, 2.75) is 20.1 Å². The van der Waals surface area contributed by atoms with E-state index in [1.165, 1.54) is 0 Å². The molecule has 33 heavy (non-hydrogen) atoms. The highest BCUT2D eigenvalue weighted by atomic mass is 127. The minimum Gasteiger partial charge on any atom is -0.473 e. The molecule has 0 radical (unpaired) electrons. The van der Waals surface area contributed by atoms with Crippen LogP contribution in [0.1, 0.15) is 18.1 Å². The van der Waals surface area contributed by atoms with E-state index < -0.39 is 0 Å². The molecule has 0 atom stereocenters. The predicted octanol–water partition coefficient (Wildman–Crippen LogP) is 3.36. The smallest absolute Gasteiger partial charge is 0.225 e. The number of aliphatic imine (C=N–C) groups is 1. The van der Waals surface area contributed by atoms with Gasteiger partial charge in [-0.1, -0.05) is 36.4 Å². The van der Waals surface area contributed by atoms with Crippen molar-refractivity contribution >= 4 is 35.9 Å². The number of hydrogen-bond acceptors (Lipinski definition) is 6. The van der Waals surface area contributed by atoms with Crippen LogP contribution in [0.15, 0.2) is 72.1 Å². The van der Waals surface area contributed by atoms with Crippen molar-refractivity contribution in [2.75, 3.05) is 37.6 Å². The van der Waals surface area contributed by atoms with E-state index in [2.05, 4.69) is 37.0 Å². The maximum atomic E-state index is 5.99. The first kappa shape index (κ1) is 24.7. The number of nitrogens with zero attached hydrogens (tertiary/aromatic N) is 6. The molecule has 8 nitrogen and oxygen atoms in total. The lowest BCUT2D eigenvalue weighted by molar-refractivity contribution is 0.290. The molecule has 0 saturated carbocycles. The fraction of sp³-hybridized carbons (Fsp3) is 0.333. The topological polar surface area (TPSA) is 78.8 Å². The fourth-order valence-corrected chi connectivity index (χ4v) is 3.56. The predicted molar refractivity (Wildman–Crippen MR) is 141 cm³/mol. The van der Waals surface area contributed by atoms with Gasteiger partial charge in [-0.3, -0.25) is 0 Å². The molecule has 1 fully saturated rings. The molecule has 9 heteroatoms. The zero-order valence-electron chi connectivity index (χ0n) is 18.8. The zero-order chi connectivity index (χ0) is 22.0. The molecular weight excluding hydrogens is 529 g/mol. The highest BCUT2D eigenvalue weighted by Gasteiger charge is 2.21. The van der Waals surface area contributed by atoms with Crippen molar-refractivity contribution in [1.82, 2.24) is 25.2 Å². The first-order chi connectivity index (χ1) is 15.8. The van der Waals surface area contributed by atoms with E-state index in [-0.39, 0.29) is 24.0 Å². The van der Waals surface area contributed by atoms with Crippen LogP contribution in [0.3, 0.4) is 0 Å². The normalized spacial score (nSPS) is 13.9. The molecule has 1 aromatic carbocycles. The summed E-state index contributed by atoms with van der Waals surface area (Å²) in [6.07, 6.45) is 5.32. The number of piperazine rings is 1. The Labute approximate surface area is 212 Å². The average molecular weight is 559 g/mol. The fourth-order valence-electron chi connectivity index (χ4n) is 3.56. The number of hydrogen-bond donors (Lipinski definition) is 1. The third-order valence-corrected chi connectivity index (χ3v) is 5.22. The van der Waals surface area contributed by atoms with E-state index in [1.54, 1.807) is 18.6 Å². The van der Waals surface area contributed by atoms with Crippen LogP contribution in [0.4, 0.5) is 5.95 Å². The Morgan fingerprint density at radius 3 is 2.39 bits per heavy atom. The van der Waals surface area contributed by atoms with E-state index in [0.29, 0.717) is 19.0 Å². The number of nitrogens with one attached hydrogen (secondary N) is 1. The molecule has 2 aromatic heterocycles. The maximum absolute atomic E-state index is 5.99. The number of guanidine groups is 1. The van der Waals surface area contributed by atoms with E-state index in [4.69, 9.17) is 9.73 Å². The van der Waals surface area contributed by atoms with Gasteiger partial charge in [0.1, 0.15) is 6.61 Å². The van der Waals surface area contributed by atoms with Crippen LogP contribution in [0.2, 0.25) is 0 Å². The van der Waals surface area contributed by atoms with Gasteiger partial charge in [-0.2, -0.15) is 0 Å². The minimum absolute atomic E-state index is 0. The van der Waals surface area contributed by atoms with Crippen LogP contribution >= 0.6 is 24.0 Å². The lowest BCUT2D eigenvalue weighted by Crippen LogP contribution is -2.53. The van der Waals surface area contributed by atoms with Crippen LogP contribution in [0.5, 0.6) is 5.88 Å². The molecule has 1 aliphatic rings. The Kier molecular flexibility index (Phi) is 9.67. The van der Waals surface area contributed by atoms with Gasteiger partial charge in [-0.25, -0.2) is 19.9 Å². The van der Waals surface area contributed by atoms with Crippen molar-refractivity contribution in [1.29, 1.82) is 0 Å². The van der Waals surface area contributed by atoms with Gasteiger partial charge in [0.2, 0.25) is 11.8 Å². The lowest BCUT2D eigenvalue weighted by atomic mass is 10.2. The van der Waals surface area contributed by atoms with Crippen molar-refractivity contribution < 1.29 is 4.74 Å². The standard InChI is InChI=1S/C24H29N7O.HI/c1-2-25-23(30-14-16-31(17-15-30)24-27-12-7-13-28-24)29-18-21-10-6-11-26-22(21)32-19-20-8-4-3-5-9-20;/h3-13H,2,14-19H2,1H3,(H,25,29);1H. The van der Waals surface area contributed by atoms with Crippen LogP contribution in [0.25, 0.3) is 0 Å². The average Bonchev–Trinajstić information content (AvgIpc) is 2.87. The molecule has 0 spiro atoms. The highest BCUT2D eigenvalue weighted by Crippen LogP contribution is 2.18. The summed E-state index contributed by atoms with van der Waals surface area (Å²) in [4.78, 5) is 22.5. The molecule has 0 amide bonds. The monoisotopic (exact) mass is 559 g/mol. The number of pyridine rings is 1. The minimum atomic E-state index is 0. The molecule has 4 rings (SSSR count). The second-order valence-corrected chi connectivity index (χ2v) is 7.44. The summed E-state index contributed by atoms with van der Waals surface area (Å²) in [5.41, 5.74) is 2.08. The zero-order valence-corrected chi connectivity index (χ0v) is 21.1. The summed E-state index contributed by atoms with van der Waals surface area (Å²) >= 11 is 0. The summed E-state index contributed by atoms with van der Waals surface area (Å²) in [5.74, 6) is 2.31. The Morgan fingerprint density at radius 2 is 1.67 bits per heavy atom. The molecule has 1 saturated heterocycles. The highest BCUT2D eigenvalue weighted by molar-refractivity contribution is 14.0. The lowest BCUT2D eigenvalue weighted by Gasteiger charge is -2.36. The molecule has 0 unspecified atom stereocenters. The molecule has 3 aromatic rings. The van der Waals surface area contributed by atoms with Crippen molar-refractivity contribution in [3.63, 3.8) is 0 Å². The number of ether oxygens (including phenoxy) is 1. The molecular formula is C24H30IN7O. The van der Waals surface area contributed by atoms with E-state index >= 15 is 0 Å². The quantitative estimate of drug-likeness (QED) is 0.270. The van der Waals surface area contributed by atoms with Gasteiger partial charge in [0, 0.05) is 56.9 Å². The summed E-state index contributed by atoms with van der Waals surface area (Å²) < 4.78 is 5.99. The van der Waals surface area contributed by atoms with E-state index in [1.807, 2.05) is 48.5 Å². The second-order valence-electron chi connectivity index (χ2n) is 7.44. The van der Waals surface area contributed by atoms with Gasteiger partial charge in [0.25, 0.3) is 0 Å². The van der Waals surface area contributed by atoms with Gasteiger partial charge in [0.05, 0.1) is 6.54 Å². The Morgan fingerprint density at radius 1 is 0.939 bits per heavy atom. The third kappa shape index (κ3) is 7.01. The molecule has 0 bridgehead atoms. The molecule has 1 N–H and O–H groups in total. The largest absolute Gasteiger partial charge is 0.473 e. The van der Waals surface area contributed by atoms with Crippen LogP contribution in [-0.4, -0.2) is 58.5 Å².